The van der Waals surface area contributed by atoms with Crippen molar-refractivity contribution in [2.75, 3.05) is 0 Å². The summed E-state index contributed by atoms with van der Waals surface area (Å²) in [5.74, 6) is -0.539. The quantitative estimate of drug-likeness (QED) is 0.755. The lowest BCUT2D eigenvalue weighted by molar-refractivity contribution is -0.139. The van der Waals surface area contributed by atoms with Crippen LogP contribution in [0.15, 0.2) is 0 Å². The minimum Gasteiger partial charge on any atom is -0.481 e. The minimum atomic E-state index is -1.86. The van der Waals surface area contributed by atoms with Crippen molar-refractivity contribution in [3.05, 3.63) is 0 Å². The first-order chi connectivity index (χ1) is 6.97. The summed E-state index contributed by atoms with van der Waals surface area (Å²) in [6.45, 7) is 14.8. The van der Waals surface area contributed by atoms with Gasteiger partial charge in [-0.25, -0.2) is 0 Å². The maximum Gasteiger partial charge on any atom is 0.305 e. The molecule has 3 nitrogen and oxygen atoms in total. The van der Waals surface area contributed by atoms with Gasteiger partial charge in [0, 0.05) is 0 Å². The monoisotopic (exact) mass is 246 g/mol. The van der Waals surface area contributed by atoms with Crippen LogP contribution < -0.4 is 0 Å². The lowest BCUT2D eigenvalue weighted by Crippen LogP contribution is -2.45. The van der Waals surface area contributed by atoms with E-state index in [2.05, 4.69) is 33.9 Å². The highest BCUT2D eigenvalue weighted by Crippen LogP contribution is 2.38. The largest absolute Gasteiger partial charge is 0.481 e. The van der Waals surface area contributed by atoms with Crippen LogP contribution in [0.3, 0.4) is 0 Å². The molecule has 0 heterocycles. The van der Waals surface area contributed by atoms with E-state index in [1.54, 1.807) is 0 Å². The molecule has 0 fully saturated rings. The topological polar surface area (TPSA) is 46.5 Å². The summed E-state index contributed by atoms with van der Waals surface area (Å²) < 4.78 is 6.13. The summed E-state index contributed by atoms with van der Waals surface area (Å²) in [6.07, 6.45) is -0.0668. The van der Waals surface area contributed by atoms with E-state index in [9.17, 15) is 4.79 Å². The normalized spacial score (nSPS) is 15.2. The molecule has 0 bridgehead atoms. The molecule has 0 radical (unpaired) electrons. The Morgan fingerprint density at radius 1 is 1.31 bits per heavy atom. The summed E-state index contributed by atoms with van der Waals surface area (Å²) in [7, 11) is -1.86. The fourth-order valence-electron chi connectivity index (χ4n) is 1.14. The Hall–Kier alpha value is -0.353. The van der Waals surface area contributed by atoms with E-state index < -0.39 is 14.3 Å². The number of rotatable bonds is 5. The zero-order valence-electron chi connectivity index (χ0n) is 11.6. The second-order valence-electron chi connectivity index (χ2n) is 6.26. The van der Waals surface area contributed by atoms with E-state index in [0.29, 0.717) is 0 Å². The van der Waals surface area contributed by atoms with Crippen molar-refractivity contribution in [2.45, 2.75) is 65.3 Å². The number of carboxylic acid groups (broad SMARTS) is 1. The Balaban J connectivity index is 4.69. The molecular weight excluding hydrogens is 220 g/mol. The fourth-order valence-corrected chi connectivity index (χ4v) is 2.61. The molecule has 1 N–H and O–H groups in total. The van der Waals surface area contributed by atoms with Gasteiger partial charge in [0.25, 0.3) is 0 Å². The third-order valence-corrected chi connectivity index (χ3v) is 7.88. The van der Waals surface area contributed by atoms with Crippen molar-refractivity contribution in [3.63, 3.8) is 0 Å². The molecule has 0 amide bonds. The first-order valence-electron chi connectivity index (χ1n) is 5.87. The maximum absolute atomic E-state index is 10.8. The van der Waals surface area contributed by atoms with Crippen LogP contribution in [-0.4, -0.2) is 25.5 Å². The van der Waals surface area contributed by atoms with Crippen LogP contribution in [0.1, 0.15) is 41.0 Å². The van der Waals surface area contributed by atoms with Gasteiger partial charge in [-0.1, -0.05) is 34.6 Å². The third-order valence-electron chi connectivity index (χ3n) is 3.37. The lowest BCUT2D eigenvalue weighted by Gasteiger charge is -2.40. The SMILES string of the molecule is CC(C)C(CC(=O)O)O[Si](C)(C)C(C)(C)C. The highest BCUT2D eigenvalue weighted by atomic mass is 28.4. The van der Waals surface area contributed by atoms with Crippen molar-refractivity contribution in [1.29, 1.82) is 0 Å². The molecule has 0 aliphatic heterocycles. The highest BCUT2D eigenvalue weighted by Gasteiger charge is 2.40. The summed E-state index contributed by atoms with van der Waals surface area (Å²) in [4.78, 5) is 10.8. The zero-order chi connectivity index (χ0) is 13.1. The lowest BCUT2D eigenvalue weighted by atomic mass is 10.1. The van der Waals surface area contributed by atoms with Crippen molar-refractivity contribution in [3.8, 4) is 0 Å². The standard InChI is InChI=1S/C12H26O3Si/c1-9(2)10(8-11(13)14)15-16(6,7)12(3,4)5/h9-10H,8H2,1-7H3,(H,13,14). The molecule has 0 saturated carbocycles. The Morgan fingerprint density at radius 3 is 2.00 bits per heavy atom. The Morgan fingerprint density at radius 2 is 1.75 bits per heavy atom. The van der Waals surface area contributed by atoms with Crippen LogP contribution in [0.25, 0.3) is 0 Å². The highest BCUT2D eigenvalue weighted by molar-refractivity contribution is 6.74. The summed E-state index contributed by atoms with van der Waals surface area (Å²) in [6, 6.07) is 0. The summed E-state index contributed by atoms with van der Waals surface area (Å²) in [5.41, 5.74) is 0. The van der Waals surface area contributed by atoms with E-state index in [1.807, 2.05) is 13.8 Å². The van der Waals surface area contributed by atoms with Crippen molar-refractivity contribution >= 4 is 14.3 Å². The van der Waals surface area contributed by atoms with Gasteiger partial charge in [-0.05, 0) is 24.1 Å². The maximum atomic E-state index is 10.8. The molecular formula is C12H26O3Si. The molecule has 0 aliphatic rings. The van der Waals surface area contributed by atoms with Crippen molar-refractivity contribution < 1.29 is 14.3 Å². The first-order valence-corrected chi connectivity index (χ1v) is 8.78. The van der Waals surface area contributed by atoms with Gasteiger partial charge in [0.2, 0.25) is 0 Å². The van der Waals surface area contributed by atoms with Gasteiger partial charge < -0.3 is 9.53 Å². The van der Waals surface area contributed by atoms with E-state index in [0.717, 1.165) is 0 Å². The van der Waals surface area contributed by atoms with Crippen LogP contribution in [0.4, 0.5) is 0 Å². The van der Waals surface area contributed by atoms with Gasteiger partial charge in [0.1, 0.15) is 0 Å². The van der Waals surface area contributed by atoms with Crippen molar-refractivity contribution in [2.24, 2.45) is 5.92 Å². The van der Waals surface area contributed by atoms with Gasteiger partial charge in [0.05, 0.1) is 12.5 Å². The van der Waals surface area contributed by atoms with Gasteiger partial charge >= 0.3 is 5.97 Å². The van der Waals surface area contributed by atoms with Gasteiger partial charge in [-0.3, -0.25) is 4.79 Å². The molecule has 1 unspecified atom stereocenters. The first kappa shape index (κ1) is 15.6. The van der Waals surface area contributed by atoms with Crippen LogP contribution in [0.2, 0.25) is 18.1 Å². The molecule has 0 aromatic heterocycles. The summed E-state index contributed by atoms with van der Waals surface area (Å²) >= 11 is 0. The molecule has 16 heavy (non-hydrogen) atoms. The van der Waals surface area contributed by atoms with E-state index in [1.165, 1.54) is 0 Å². The molecule has 0 aromatic carbocycles. The average Bonchev–Trinajstić information content (AvgIpc) is 1.98. The Kier molecular flexibility index (Phi) is 5.20. The second-order valence-corrected chi connectivity index (χ2v) is 11.0. The molecule has 0 saturated heterocycles. The molecule has 0 aromatic rings. The number of carbonyl (C=O) groups is 1. The minimum absolute atomic E-state index is 0.101. The zero-order valence-corrected chi connectivity index (χ0v) is 12.6. The molecule has 0 spiro atoms. The number of aliphatic carboxylic acids is 1. The smallest absolute Gasteiger partial charge is 0.305 e. The molecule has 0 rings (SSSR count). The van der Waals surface area contributed by atoms with Crippen LogP contribution in [0.5, 0.6) is 0 Å². The van der Waals surface area contributed by atoms with E-state index >= 15 is 0 Å². The second kappa shape index (κ2) is 5.32. The fraction of sp³-hybridized carbons (Fsp3) is 0.917. The third kappa shape index (κ3) is 4.66. The van der Waals surface area contributed by atoms with Gasteiger partial charge in [0.15, 0.2) is 8.32 Å². The Labute approximate surface area is 100 Å². The average molecular weight is 246 g/mol. The van der Waals surface area contributed by atoms with Crippen LogP contribution in [0, 0.1) is 5.92 Å². The Bertz CT molecular complexity index is 241. The number of hydrogen-bond acceptors (Lipinski definition) is 2. The van der Waals surface area contributed by atoms with Crippen LogP contribution >= 0.6 is 0 Å². The van der Waals surface area contributed by atoms with E-state index in [-0.39, 0.29) is 23.5 Å². The molecule has 96 valence electrons. The number of hydrogen-bond donors (Lipinski definition) is 1. The molecule has 1 atom stereocenters. The predicted octanol–water partition coefficient (Wildman–Crippen LogP) is 3.51. The van der Waals surface area contributed by atoms with Gasteiger partial charge in [-0.15, -0.1) is 0 Å². The predicted molar refractivity (Wildman–Crippen MR) is 69.2 cm³/mol. The molecule has 4 heteroatoms. The number of carboxylic acids is 1. The summed E-state index contributed by atoms with van der Waals surface area (Å²) in [5, 5.41) is 8.99. The van der Waals surface area contributed by atoms with E-state index in [4.69, 9.17) is 9.53 Å². The van der Waals surface area contributed by atoms with Crippen LogP contribution in [-0.2, 0) is 9.22 Å². The molecule has 0 aliphatic carbocycles. The van der Waals surface area contributed by atoms with Crippen molar-refractivity contribution in [1.82, 2.24) is 0 Å². The van der Waals surface area contributed by atoms with Gasteiger partial charge in [-0.2, -0.15) is 0 Å².